The number of rotatable bonds is 7. The van der Waals surface area contributed by atoms with Crippen LogP contribution in [0.1, 0.15) is 26.2 Å². The van der Waals surface area contributed by atoms with Crippen molar-refractivity contribution in [1.82, 2.24) is 10.6 Å². The Hall–Kier alpha value is -1.95. The smallest absolute Gasteiger partial charge is 0.293 e. The van der Waals surface area contributed by atoms with E-state index in [0.717, 1.165) is 25.5 Å². The van der Waals surface area contributed by atoms with Crippen molar-refractivity contribution in [3.05, 3.63) is 28.3 Å². The van der Waals surface area contributed by atoms with Crippen molar-refractivity contribution in [3.8, 4) is 0 Å². The summed E-state index contributed by atoms with van der Waals surface area (Å²) in [5.74, 6) is -0.151. The lowest BCUT2D eigenvalue weighted by Gasteiger charge is -2.30. The maximum absolute atomic E-state index is 12.0. The highest BCUT2D eigenvalue weighted by Gasteiger charge is 2.22. The van der Waals surface area contributed by atoms with Crippen LogP contribution in [0.4, 0.5) is 11.4 Å². The fraction of sp³-hybridized carbons (Fsp3) is 0.533. The van der Waals surface area contributed by atoms with Gasteiger partial charge in [-0.15, -0.1) is 12.4 Å². The van der Waals surface area contributed by atoms with Crippen molar-refractivity contribution < 1.29 is 18.1 Å². The van der Waals surface area contributed by atoms with Crippen LogP contribution in [0.25, 0.3) is 0 Å². The number of carbonyl (C=O) groups is 1. The topological polar surface area (TPSA) is 156 Å². The number of amides is 1. The third-order valence-corrected chi connectivity index (χ3v) is 5.18. The number of hydrogen-bond acceptors (Lipinski definition) is 7. The Kier molecular flexibility index (Phi) is 8.41. The lowest BCUT2D eigenvalue weighted by Crippen LogP contribution is -2.52. The summed E-state index contributed by atoms with van der Waals surface area (Å²) in [5, 5.41) is 25.2. The van der Waals surface area contributed by atoms with E-state index < -0.39 is 20.6 Å². The lowest BCUT2D eigenvalue weighted by molar-refractivity contribution is -0.384. The van der Waals surface area contributed by atoms with Crippen LogP contribution < -0.4 is 21.1 Å². The molecule has 2 atom stereocenters. The predicted molar refractivity (Wildman–Crippen MR) is 103 cm³/mol. The molecule has 1 aliphatic rings. The fourth-order valence-corrected chi connectivity index (χ4v) is 3.35. The number of nitrogens with one attached hydrogen (secondary N) is 3. The highest BCUT2D eigenvalue weighted by molar-refractivity contribution is 7.89. The van der Waals surface area contributed by atoms with E-state index in [0.29, 0.717) is 0 Å². The van der Waals surface area contributed by atoms with Gasteiger partial charge in [-0.25, -0.2) is 13.6 Å². The SMILES string of the molecule is CC1NCCCC1NC(=O)CCNc1ccc(S(N)(=O)=O)cc1[N+](=O)[O-].Cl. The van der Waals surface area contributed by atoms with E-state index in [1.165, 1.54) is 12.1 Å². The molecule has 0 radical (unpaired) electrons. The second-order valence-corrected chi connectivity index (χ2v) is 7.78. The van der Waals surface area contributed by atoms with Gasteiger partial charge in [0.05, 0.1) is 9.82 Å². The number of sulfonamides is 1. The molecule has 10 nitrogen and oxygen atoms in total. The number of nitro benzene ring substituents is 1. The van der Waals surface area contributed by atoms with Crippen molar-refractivity contribution in [2.24, 2.45) is 5.14 Å². The second kappa shape index (κ2) is 9.83. The summed E-state index contributed by atoms with van der Waals surface area (Å²) in [7, 11) is -4.03. The average molecular weight is 422 g/mol. The second-order valence-electron chi connectivity index (χ2n) is 6.22. The van der Waals surface area contributed by atoms with Gasteiger partial charge < -0.3 is 16.0 Å². The molecule has 1 amide bonds. The van der Waals surface area contributed by atoms with Crippen LogP contribution in [0.2, 0.25) is 0 Å². The minimum absolute atomic E-state index is 0. The lowest BCUT2D eigenvalue weighted by atomic mass is 10.00. The molecule has 1 aromatic rings. The van der Waals surface area contributed by atoms with Crippen LogP contribution in [0.3, 0.4) is 0 Å². The largest absolute Gasteiger partial charge is 0.379 e. The Morgan fingerprint density at radius 2 is 2.15 bits per heavy atom. The number of halogens is 1. The Labute approximate surface area is 163 Å². The molecule has 1 saturated heterocycles. The Morgan fingerprint density at radius 3 is 2.74 bits per heavy atom. The van der Waals surface area contributed by atoms with Gasteiger partial charge >= 0.3 is 0 Å². The van der Waals surface area contributed by atoms with Gasteiger partial charge in [0.1, 0.15) is 5.69 Å². The van der Waals surface area contributed by atoms with Crippen molar-refractivity contribution in [1.29, 1.82) is 0 Å². The molecule has 5 N–H and O–H groups in total. The molecule has 2 rings (SSSR count). The van der Waals surface area contributed by atoms with Gasteiger partial charge in [-0.3, -0.25) is 14.9 Å². The van der Waals surface area contributed by atoms with E-state index in [2.05, 4.69) is 16.0 Å². The third kappa shape index (κ3) is 6.61. The number of nitrogens with zero attached hydrogens (tertiary/aromatic N) is 1. The normalized spacial score (nSPS) is 19.6. The van der Waals surface area contributed by atoms with Gasteiger partial charge in [-0.1, -0.05) is 0 Å². The Balaban J connectivity index is 0.00000364. The number of nitro groups is 1. The van der Waals surface area contributed by atoms with Crippen molar-refractivity contribution in [3.63, 3.8) is 0 Å². The number of nitrogens with two attached hydrogens (primary N) is 1. The fourth-order valence-electron chi connectivity index (χ4n) is 2.82. The number of carbonyl (C=O) groups excluding carboxylic acids is 1. The standard InChI is InChI=1S/C15H23N5O5S.ClH/c1-10-12(3-2-7-17-10)19-15(21)6-8-18-13-5-4-11(26(16,24)25)9-14(13)20(22)23;/h4-5,9-10,12,17-18H,2-3,6-8H2,1H3,(H,19,21)(H2,16,24,25);1H. The Bertz CT molecular complexity index is 789. The number of anilines is 1. The monoisotopic (exact) mass is 421 g/mol. The average Bonchev–Trinajstić information content (AvgIpc) is 2.56. The molecule has 0 bridgehead atoms. The molecular weight excluding hydrogens is 398 g/mol. The zero-order valence-corrected chi connectivity index (χ0v) is 16.4. The first-order valence-electron chi connectivity index (χ1n) is 8.26. The molecule has 1 aliphatic heterocycles. The quantitative estimate of drug-likeness (QED) is 0.373. The molecule has 0 spiro atoms. The van der Waals surface area contributed by atoms with Crippen LogP contribution in [-0.2, 0) is 14.8 Å². The minimum atomic E-state index is -4.03. The highest BCUT2D eigenvalue weighted by atomic mass is 35.5. The first kappa shape index (κ1) is 23.1. The van der Waals surface area contributed by atoms with Crippen molar-refractivity contribution in [2.75, 3.05) is 18.4 Å². The molecule has 0 aromatic heterocycles. The molecule has 152 valence electrons. The van der Waals surface area contributed by atoms with E-state index >= 15 is 0 Å². The number of primary sulfonamides is 1. The van der Waals surface area contributed by atoms with Crippen LogP contribution >= 0.6 is 12.4 Å². The molecule has 1 heterocycles. The van der Waals surface area contributed by atoms with Gasteiger partial charge in [0.15, 0.2) is 0 Å². The van der Waals surface area contributed by atoms with Crippen molar-refractivity contribution >= 4 is 39.7 Å². The maximum atomic E-state index is 12.0. The first-order valence-corrected chi connectivity index (χ1v) is 9.81. The predicted octanol–water partition coefficient (Wildman–Crippen LogP) is 0.723. The zero-order valence-electron chi connectivity index (χ0n) is 14.8. The van der Waals surface area contributed by atoms with Crippen LogP contribution in [0.5, 0.6) is 0 Å². The summed E-state index contributed by atoms with van der Waals surface area (Å²) in [5.41, 5.74) is -0.287. The third-order valence-electron chi connectivity index (χ3n) is 4.27. The van der Waals surface area contributed by atoms with Crippen LogP contribution in [0, 0.1) is 10.1 Å². The summed E-state index contributed by atoms with van der Waals surface area (Å²) < 4.78 is 22.6. The van der Waals surface area contributed by atoms with Crippen LogP contribution in [-0.4, -0.2) is 44.4 Å². The van der Waals surface area contributed by atoms with E-state index in [-0.39, 0.29) is 53.9 Å². The molecule has 27 heavy (non-hydrogen) atoms. The van der Waals surface area contributed by atoms with Crippen molar-refractivity contribution in [2.45, 2.75) is 43.2 Å². The molecule has 12 heteroatoms. The Morgan fingerprint density at radius 1 is 1.44 bits per heavy atom. The van der Waals surface area contributed by atoms with Gasteiger partial charge in [-0.05, 0) is 38.4 Å². The molecule has 2 unspecified atom stereocenters. The first-order chi connectivity index (χ1) is 12.2. The molecule has 0 aliphatic carbocycles. The van der Waals surface area contributed by atoms with E-state index in [4.69, 9.17) is 5.14 Å². The van der Waals surface area contributed by atoms with Gasteiger partial charge in [0.25, 0.3) is 5.69 Å². The number of benzene rings is 1. The summed E-state index contributed by atoms with van der Waals surface area (Å²) >= 11 is 0. The maximum Gasteiger partial charge on any atom is 0.293 e. The molecule has 0 saturated carbocycles. The van der Waals surface area contributed by atoms with Gasteiger partial charge in [-0.2, -0.15) is 0 Å². The molecule has 1 fully saturated rings. The van der Waals surface area contributed by atoms with E-state index in [9.17, 15) is 23.3 Å². The summed E-state index contributed by atoms with van der Waals surface area (Å²) in [4.78, 5) is 22.1. The number of piperidine rings is 1. The zero-order chi connectivity index (χ0) is 19.3. The van der Waals surface area contributed by atoms with Gasteiger partial charge in [0.2, 0.25) is 15.9 Å². The van der Waals surface area contributed by atoms with Gasteiger partial charge in [0, 0.05) is 31.1 Å². The van der Waals surface area contributed by atoms with Crippen LogP contribution in [0.15, 0.2) is 23.1 Å². The number of hydrogen-bond donors (Lipinski definition) is 4. The van der Waals surface area contributed by atoms with E-state index in [1.54, 1.807) is 0 Å². The summed E-state index contributed by atoms with van der Waals surface area (Å²) in [6.07, 6.45) is 2.04. The summed E-state index contributed by atoms with van der Waals surface area (Å²) in [6, 6.07) is 3.61. The summed E-state index contributed by atoms with van der Waals surface area (Å²) in [6.45, 7) is 3.13. The van der Waals surface area contributed by atoms with E-state index in [1.807, 2.05) is 6.92 Å². The molecular formula is C15H24ClN5O5S. The highest BCUT2D eigenvalue weighted by Crippen LogP contribution is 2.27. The minimum Gasteiger partial charge on any atom is -0.379 e. The molecule has 1 aromatic carbocycles.